The highest BCUT2D eigenvalue weighted by atomic mass is 16.6. The number of carbonyl (C=O) groups excluding carboxylic acids is 3. The molecule has 0 aromatic carbocycles. The van der Waals surface area contributed by atoms with Gasteiger partial charge in [-0.3, -0.25) is 14.5 Å². The van der Waals surface area contributed by atoms with E-state index in [0.717, 1.165) is 45.4 Å². The molecule has 0 aliphatic carbocycles. The van der Waals surface area contributed by atoms with E-state index in [0.29, 0.717) is 44.5 Å². The third-order valence-corrected chi connectivity index (χ3v) is 6.05. The molecule has 3 saturated heterocycles. The zero-order valence-corrected chi connectivity index (χ0v) is 16.8. The normalized spacial score (nSPS) is 26.4. The number of carbonyl (C=O) groups is 3. The number of hydrogen-bond donors (Lipinski definition) is 2. The highest BCUT2D eigenvalue weighted by Gasteiger charge is 2.38. The first kappa shape index (κ1) is 20.9. The molecule has 3 heterocycles. The Balaban J connectivity index is 1.61. The fourth-order valence-corrected chi connectivity index (χ4v) is 4.29. The van der Waals surface area contributed by atoms with E-state index in [2.05, 4.69) is 10.6 Å². The molecule has 9 nitrogen and oxygen atoms in total. The van der Waals surface area contributed by atoms with Crippen molar-refractivity contribution in [3.05, 3.63) is 0 Å². The molecule has 28 heavy (non-hydrogen) atoms. The zero-order valence-electron chi connectivity index (χ0n) is 16.8. The van der Waals surface area contributed by atoms with E-state index >= 15 is 0 Å². The van der Waals surface area contributed by atoms with Gasteiger partial charge in [-0.15, -0.1) is 0 Å². The lowest BCUT2D eigenvalue weighted by molar-refractivity contribution is -0.149. The van der Waals surface area contributed by atoms with Crippen LogP contribution in [0.3, 0.4) is 0 Å². The summed E-state index contributed by atoms with van der Waals surface area (Å²) in [6, 6.07) is 0. The number of nitrogens with zero attached hydrogens (tertiary/aromatic N) is 3. The SMILES string of the molecule is CCN(C(=O)OCC1CCNC1)C1CN(CC2CCNCC2)C(=O)CN1C=O. The number of piperazine rings is 1. The minimum Gasteiger partial charge on any atom is -0.449 e. The predicted octanol–water partition coefficient (Wildman–Crippen LogP) is -0.319. The van der Waals surface area contributed by atoms with E-state index in [4.69, 9.17) is 4.74 Å². The van der Waals surface area contributed by atoms with Gasteiger partial charge < -0.3 is 25.2 Å². The fourth-order valence-electron chi connectivity index (χ4n) is 4.29. The van der Waals surface area contributed by atoms with Crippen molar-refractivity contribution in [3.63, 3.8) is 0 Å². The predicted molar refractivity (Wildman–Crippen MR) is 103 cm³/mol. The summed E-state index contributed by atoms with van der Waals surface area (Å²) in [5.41, 5.74) is 0. The Morgan fingerprint density at radius 2 is 1.93 bits per heavy atom. The van der Waals surface area contributed by atoms with E-state index in [9.17, 15) is 14.4 Å². The molecule has 0 bridgehead atoms. The molecule has 0 radical (unpaired) electrons. The summed E-state index contributed by atoms with van der Waals surface area (Å²) in [6.45, 7) is 7.47. The number of ether oxygens (including phenoxy) is 1. The average molecular weight is 396 g/mol. The lowest BCUT2D eigenvalue weighted by Gasteiger charge is -2.44. The van der Waals surface area contributed by atoms with Gasteiger partial charge >= 0.3 is 6.09 Å². The second-order valence-electron chi connectivity index (χ2n) is 7.97. The van der Waals surface area contributed by atoms with Crippen molar-refractivity contribution in [1.29, 1.82) is 0 Å². The number of likely N-dealkylation sites (N-methyl/N-ethyl adjacent to an activating group) is 1. The maximum Gasteiger partial charge on any atom is 0.411 e. The Morgan fingerprint density at radius 3 is 2.57 bits per heavy atom. The van der Waals surface area contributed by atoms with Gasteiger partial charge in [0.25, 0.3) is 0 Å². The summed E-state index contributed by atoms with van der Waals surface area (Å²) in [4.78, 5) is 41.6. The summed E-state index contributed by atoms with van der Waals surface area (Å²) in [5.74, 6) is 0.753. The lowest BCUT2D eigenvalue weighted by Crippen LogP contribution is -2.63. The molecular formula is C19H33N5O4. The van der Waals surface area contributed by atoms with Crippen LogP contribution in [0.25, 0.3) is 0 Å². The van der Waals surface area contributed by atoms with Gasteiger partial charge in [0.2, 0.25) is 12.3 Å². The second-order valence-corrected chi connectivity index (χ2v) is 7.97. The molecule has 9 heteroatoms. The van der Waals surface area contributed by atoms with E-state index in [1.165, 1.54) is 4.90 Å². The summed E-state index contributed by atoms with van der Waals surface area (Å²) in [7, 11) is 0. The number of nitrogens with one attached hydrogen (secondary N) is 2. The Hall–Kier alpha value is -1.87. The van der Waals surface area contributed by atoms with Crippen molar-refractivity contribution in [1.82, 2.24) is 25.3 Å². The monoisotopic (exact) mass is 395 g/mol. The lowest BCUT2D eigenvalue weighted by atomic mass is 9.97. The molecule has 0 spiro atoms. The molecule has 2 N–H and O–H groups in total. The van der Waals surface area contributed by atoms with Crippen molar-refractivity contribution in [3.8, 4) is 0 Å². The van der Waals surface area contributed by atoms with Crippen molar-refractivity contribution in [2.45, 2.75) is 32.4 Å². The van der Waals surface area contributed by atoms with Crippen molar-refractivity contribution in [2.24, 2.45) is 11.8 Å². The van der Waals surface area contributed by atoms with Gasteiger partial charge in [0.1, 0.15) is 12.7 Å². The van der Waals surface area contributed by atoms with Crippen molar-refractivity contribution in [2.75, 3.05) is 59.0 Å². The summed E-state index contributed by atoms with van der Waals surface area (Å²) in [5, 5.41) is 6.60. The van der Waals surface area contributed by atoms with E-state index in [-0.39, 0.29) is 12.5 Å². The Morgan fingerprint density at radius 1 is 1.21 bits per heavy atom. The number of rotatable bonds is 7. The van der Waals surface area contributed by atoms with Crippen LogP contribution in [0.2, 0.25) is 0 Å². The van der Waals surface area contributed by atoms with Gasteiger partial charge in [0.15, 0.2) is 0 Å². The molecule has 0 aromatic rings. The molecule has 3 aliphatic heterocycles. The molecular weight excluding hydrogens is 362 g/mol. The largest absolute Gasteiger partial charge is 0.449 e. The molecule has 3 amide bonds. The highest BCUT2D eigenvalue weighted by Crippen LogP contribution is 2.20. The van der Waals surface area contributed by atoms with Gasteiger partial charge in [-0.2, -0.15) is 0 Å². The van der Waals surface area contributed by atoms with E-state index in [1.807, 2.05) is 11.8 Å². The number of piperidine rings is 1. The Bertz CT molecular complexity index is 548. The van der Waals surface area contributed by atoms with Crippen molar-refractivity contribution >= 4 is 18.4 Å². The van der Waals surface area contributed by atoms with Gasteiger partial charge in [0, 0.05) is 25.6 Å². The van der Waals surface area contributed by atoms with Gasteiger partial charge in [-0.25, -0.2) is 4.79 Å². The standard InChI is InChI=1S/C19H33N5O4/c1-2-24(19(27)28-13-16-5-8-21-9-16)17-11-22(18(26)12-23(17)14-25)10-15-3-6-20-7-4-15/h14-17,20-21H,2-13H2,1H3. The van der Waals surface area contributed by atoms with Crippen LogP contribution in [0, 0.1) is 11.8 Å². The first-order valence-electron chi connectivity index (χ1n) is 10.5. The smallest absolute Gasteiger partial charge is 0.411 e. The van der Waals surface area contributed by atoms with Crippen molar-refractivity contribution < 1.29 is 19.1 Å². The Labute approximate surface area is 166 Å². The van der Waals surface area contributed by atoms with Crippen LogP contribution in [0.1, 0.15) is 26.2 Å². The molecule has 2 atom stereocenters. The molecule has 0 aromatic heterocycles. The zero-order chi connectivity index (χ0) is 19.9. The minimum atomic E-state index is -0.476. The summed E-state index contributed by atoms with van der Waals surface area (Å²) < 4.78 is 5.53. The van der Waals surface area contributed by atoms with Crippen LogP contribution in [0.15, 0.2) is 0 Å². The third-order valence-electron chi connectivity index (χ3n) is 6.05. The quantitative estimate of drug-likeness (QED) is 0.574. The minimum absolute atomic E-state index is 0.00939. The number of hydrogen-bond acceptors (Lipinski definition) is 6. The molecule has 158 valence electrons. The van der Waals surface area contributed by atoms with Crippen LogP contribution in [0.4, 0.5) is 4.79 Å². The first-order valence-corrected chi connectivity index (χ1v) is 10.5. The summed E-state index contributed by atoms with van der Waals surface area (Å²) >= 11 is 0. The first-order chi connectivity index (χ1) is 13.6. The highest BCUT2D eigenvalue weighted by molar-refractivity contribution is 5.82. The molecule has 0 saturated carbocycles. The third kappa shape index (κ3) is 5.14. The maximum absolute atomic E-state index is 12.7. The molecule has 3 fully saturated rings. The van der Waals surface area contributed by atoms with Crippen LogP contribution < -0.4 is 10.6 Å². The molecule has 2 unspecified atom stereocenters. The second kappa shape index (κ2) is 10.1. The van der Waals surface area contributed by atoms with Gasteiger partial charge in [-0.05, 0) is 51.7 Å². The van der Waals surface area contributed by atoms with Gasteiger partial charge in [-0.1, -0.05) is 0 Å². The maximum atomic E-state index is 12.7. The average Bonchev–Trinajstić information content (AvgIpc) is 3.23. The van der Waals surface area contributed by atoms with E-state index < -0.39 is 12.3 Å². The van der Waals surface area contributed by atoms with Crippen LogP contribution >= 0.6 is 0 Å². The van der Waals surface area contributed by atoms with Crippen LogP contribution in [0.5, 0.6) is 0 Å². The molecule has 3 aliphatic rings. The van der Waals surface area contributed by atoms with E-state index in [1.54, 1.807) is 4.90 Å². The molecule has 3 rings (SSSR count). The Kier molecular flexibility index (Phi) is 7.50. The fraction of sp³-hybridized carbons (Fsp3) is 0.842. The summed E-state index contributed by atoms with van der Waals surface area (Å²) in [6.07, 6.45) is 2.86. The van der Waals surface area contributed by atoms with Gasteiger partial charge in [0.05, 0.1) is 13.2 Å². The van der Waals surface area contributed by atoms with Crippen LogP contribution in [-0.4, -0.2) is 98.2 Å². The topological polar surface area (TPSA) is 94.2 Å². The number of amides is 3. The van der Waals surface area contributed by atoms with Crippen LogP contribution in [-0.2, 0) is 14.3 Å².